The molecule has 0 aliphatic carbocycles. The van der Waals surface area contributed by atoms with E-state index in [1.807, 2.05) is 18.2 Å². The topological polar surface area (TPSA) is 41.6 Å². The van der Waals surface area contributed by atoms with Crippen LogP contribution in [0.4, 0.5) is 5.69 Å². The minimum atomic E-state index is -0.0811. The van der Waals surface area contributed by atoms with Crippen LogP contribution in [0.1, 0.15) is 23.2 Å². The third-order valence-corrected chi connectivity index (χ3v) is 4.31. The van der Waals surface area contributed by atoms with Gasteiger partial charge in [0.25, 0.3) is 5.91 Å². The molecule has 120 valence electrons. The van der Waals surface area contributed by atoms with Gasteiger partial charge in [-0.15, -0.1) is 0 Å². The molecule has 0 aromatic heterocycles. The second-order valence-corrected chi connectivity index (χ2v) is 5.74. The van der Waals surface area contributed by atoms with E-state index in [0.717, 1.165) is 19.4 Å². The third kappa shape index (κ3) is 3.47. The Kier molecular flexibility index (Phi) is 4.81. The van der Waals surface area contributed by atoms with Crippen LogP contribution in [0.2, 0.25) is 0 Å². The molecule has 4 heteroatoms. The average molecular weight is 310 g/mol. The molecule has 4 nitrogen and oxygen atoms in total. The molecule has 1 saturated heterocycles. The van der Waals surface area contributed by atoms with Crippen LogP contribution >= 0.6 is 0 Å². The lowest BCUT2D eigenvalue weighted by atomic mass is 10.1. The summed E-state index contributed by atoms with van der Waals surface area (Å²) < 4.78 is 5.26. The van der Waals surface area contributed by atoms with E-state index in [-0.39, 0.29) is 5.91 Å². The smallest absolute Gasteiger partial charge is 0.255 e. The highest BCUT2D eigenvalue weighted by Crippen LogP contribution is 2.25. The number of ether oxygens (including phenoxy) is 1. The summed E-state index contributed by atoms with van der Waals surface area (Å²) in [4.78, 5) is 14.8. The summed E-state index contributed by atoms with van der Waals surface area (Å²) >= 11 is 0. The Morgan fingerprint density at radius 1 is 1.17 bits per heavy atom. The minimum Gasteiger partial charge on any atom is -0.496 e. The quantitative estimate of drug-likeness (QED) is 0.922. The number of rotatable bonds is 5. The first kappa shape index (κ1) is 15.4. The molecule has 1 atom stereocenters. The Morgan fingerprint density at radius 2 is 1.91 bits per heavy atom. The van der Waals surface area contributed by atoms with Gasteiger partial charge in [0, 0.05) is 24.8 Å². The van der Waals surface area contributed by atoms with Gasteiger partial charge in [0.2, 0.25) is 0 Å². The van der Waals surface area contributed by atoms with Gasteiger partial charge in [-0.1, -0.05) is 30.3 Å². The van der Waals surface area contributed by atoms with Crippen LogP contribution in [0.15, 0.2) is 54.6 Å². The normalized spacial score (nSPS) is 17.1. The van der Waals surface area contributed by atoms with Crippen molar-refractivity contribution < 1.29 is 9.53 Å². The van der Waals surface area contributed by atoms with Gasteiger partial charge in [0.15, 0.2) is 0 Å². The summed E-state index contributed by atoms with van der Waals surface area (Å²) in [5, 5.41) is 3.05. The molecule has 0 spiro atoms. The zero-order valence-electron chi connectivity index (χ0n) is 13.4. The standard InChI is InChI=1S/C19H22N2O2/c1-23-18-12-6-5-11-17(18)19(22)20-14-16-10-7-13-21(16)15-8-3-2-4-9-15/h2-6,8-9,11-12,16H,7,10,13-14H2,1H3,(H,20,22). The fourth-order valence-corrected chi connectivity index (χ4v) is 3.15. The van der Waals surface area contributed by atoms with E-state index in [4.69, 9.17) is 4.74 Å². The number of benzene rings is 2. The van der Waals surface area contributed by atoms with E-state index in [1.165, 1.54) is 5.69 Å². The zero-order chi connectivity index (χ0) is 16.1. The van der Waals surface area contributed by atoms with E-state index in [0.29, 0.717) is 23.9 Å². The summed E-state index contributed by atoms with van der Waals surface area (Å²) in [7, 11) is 1.58. The largest absolute Gasteiger partial charge is 0.496 e. The first-order valence-corrected chi connectivity index (χ1v) is 8.02. The fourth-order valence-electron chi connectivity index (χ4n) is 3.15. The summed E-state index contributed by atoms with van der Waals surface area (Å²) in [6.07, 6.45) is 2.26. The SMILES string of the molecule is COc1ccccc1C(=O)NCC1CCCN1c1ccccc1. The number of para-hydroxylation sites is 2. The van der Waals surface area contributed by atoms with Gasteiger partial charge in [-0.2, -0.15) is 0 Å². The summed E-state index contributed by atoms with van der Waals surface area (Å²) in [5.74, 6) is 0.527. The number of carbonyl (C=O) groups is 1. The van der Waals surface area contributed by atoms with Gasteiger partial charge in [0.05, 0.1) is 12.7 Å². The van der Waals surface area contributed by atoms with Gasteiger partial charge >= 0.3 is 0 Å². The maximum Gasteiger partial charge on any atom is 0.255 e. The van der Waals surface area contributed by atoms with Crippen molar-refractivity contribution >= 4 is 11.6 Å². The third-order valence-electron chi connectivity index (χ3n) is 4.31. The minimum absolute atomic E-state index is 0.0811. The number of hydrogen-bond donors (Lipinski definition) is 1. The molecule has 1 fully saturated rings. The summed E-state index contributed by atoms with van der Waals surface area (Å²) in [6.45, 7) is 1.69. The van der Waals surface area contributed by atoms with Crippen LogP contribution in [0.5, 0.6) is 5.75 Å². The van der Waals surface area contributed by atoms with Crippen LogP contribution in [0, 0.1) is 0 Å². The van der Waals surface area contributed by atoms with Gasteiger partial charge in [-0.05, 0) is 37.1 Å². The maximum atomic E-state index is 12.4. The Hall–Kier alpha value is -2.49. The van der Waals surface area contributed by atoms with Crippen LogP contribution < -0.4 is 15.0 Å². The number of hydrogen-bond acceptors (Lipinski definition) is 3. The summed E-state index contributed by atoms with van der Waals surface area (Å²) in [5.41, 5.74) is 1.81. The van der Waals surface area contributed by atoms with E-state index < -0.39 is 0 Å². The predicted molar refractivity (Wildman–Crippen MR) is 92.1 cm³/mol. The van der Waals surface area contributed by atoms with Crippen LogP contribution in [0.25, 0.3) is 0 Å². The molecule has 1 amide bonds. The molecule has 1 heterocycles. The molecule has 1 N–H and O–H groups in total. The van der Waals surface area contributed by atoms with E-state index in [9.17, 15) is 4.79 Å². The van der Waals surface area contributed by atoms with Crippen molar-refractivity contribution in [3.05, 3.63) is 60.2 Å². The maximum absolute atomic E-state index is 12.4. The second kappa shape index (κ2) is 7.18. The van der Waals surface area contributed by atoms with Gasteiger partial charge in [-0.3, -0.25) is 4.79 Å². The molecule has 2 aromatic rings. The van der Waals surface area contributed by atoms with Crippen LogP contribution in [-0.4, -0.2) is 32.1 Å². The molecule has 1 unspecified atom stereocenters. The van der Waals surface area contributed by atoms with E-state index in [2.05, 4.69) is 34.5 Å². The molecule has 1 aliphatic rings. The molecule has 2 aromatic carbocycles. The Balaban J connectivity index is 1.64. The van der Waals surface area contributed by atoms with Crippen LogP contribution in [-0.2, 0) is 0 Å². The highest BCUT2D eigenvalue weighted by atomic mass is 16.5. The van der Waals surface area contributed by atoms with Crippen molar-refractivity contribution in [2.45, 2.75) is 18.9 Å². The van der Waals surface area contributed by atoms with Gasteiger partial charge in [-0.25, -0.2) is 0 Å². The number of nitrogens with one attached hydrogen (secondary N) is 1. The highest BCUT2D eigenvalue weighted by molar-refractivity contribution is 5.96. The molecule has 23 heavy (non-hydrogen) atoms. The highest BCUT2D eigenvalue weighted by Gasteiger charge is 2.25. The molecule has 1 aliphatic heterocycles. The Bertz CT molecular complexity index is 657. The van der Waals surface area contributed by atoms with Crippen molar-refractivity contribution in [3.63, 3.8) is 0 Å². The molecule has 0 bridgehead atoms. The van der Waals surface area contributed by atoms with Gasteiger partial charge in [0.1, 0.15) is 5.75 Å². The van der Waals surface area contributed by atoms with Crippen molar-refractivity contribution in [2.75, 3.05) is 25.1 Å². The lowest BCUT2D eigenvalue weighted by Gasteiger charge is -2.27. The van der Waals surface area contributed by atoms with E-state index in [1.54, 1.807) is 19.2 Å². The zero-order valence-corrected chi connectivity index (χ0v) is 13.4. The lowest BCUT2D eigenvalue weighted by Crippen LogP contribution is -2.40. The second-order valence-electron chi connectivity index (χ2n) is 5.74. The molecule has 0 radical (unpaired) electrons. The molecule has 3 rings (SSSR count). The van der Waals surface area contributed by atoms with Crippen molar-refractivity contribution in [2.24, 2.45) is 0 Å². The van der Waals surface area contributed by atoms with Crippen LogP contribution in [0.3, 0.4) is 0 Å². The predicted octanol–water partition coefficient (Wildman–Crippen LogP) is 3.09. The number of anilines is 1. The monoisotopic (exact) mass is 310 g/mol. The number of carbonyl (C=O) groups excluding carboxylic acids is 1. The summed E-state index contributed by atoms with van der Waals surface area (Å²) in [6, 6.07) is 18.0. The van der Waals surface area contributed by atoms with E-state index >= 15 is 0 Å². The molecule has 0 saturated carbocycles. The lowest BCUT2D eigenvalue weighted by molar-refractivity contribution is 0.0948. The molecular formula is C19H22N2O2. The first-order valence-electron chi connectivity index (χ1n) is 8.02. The van der Waals surface area contributed by atoms with Crippen molar-refractivity contribution in [3.8, 4) is 5.75 Å². The average Bonchev–Trinajstić information content (AvgIpc) is 3.09. The van der Waals surface area contributed by atoms with Crippen molar-refractivity contribution in [1.29, 1.82) is 0 Å². The fraction of sp³-hybridized carbons (Fsp3) is 0.316. The van der Waals surface area contributed by atoms with Gasteiger partial charge < -0.3 is 15.0 Å². The number of nitrogens with zero attached hydrogens (tertiary/aromatic N) is 1. The van der Waals surface area contributed by atoms with Crippen molar-refractivity contribution in [1.82, 2.24) is 5.32 Å². The first-order chi connectivity index (χ1) is 11.3. The Morgan fingerprint density at radius 3 is 2.70 bits per heavy atom. The number of amides is 1. The molecular weight excluding hydrogens is 288 g/mol. The Labute approximate surface area is 137 Å². The number of methoxy groups -OCH3 is 1.